The molecule has 1 aromatic heterocycles. The fourth-order valence-corrected chi connectivity index (χ4v) is 2.30. The standard InChI is InChI=1S/C18H18N4/c1-22(2)15-7-5-6-14(12-15)16-8-3-4-9-17(16)21-18-13-19-10-11-20-18/h3-13H,1-2H3,(H,20,21). The van der Waals surface area contributed by atoms with Crippen molar-refractivity contribution in [2.45, 2.75) is 0 Å². The first-order valence-corrected chi connectivity index (χ1v) is 7.14. The highest BCUT2D eigenvalue weighted by atomic mass is 15.1. The third-order valence-corrected chi connectivity index (χ3v) is 3.43. The van der Waals surface area contributed by atoms with Gasteiger partial charge >= 0.3 is 0 Å². The summed E-state index contributed by atoms with van der Waals surface area (Å²) in [6.07, 6.45) is 5.06. The zero-order valence-electron chi connectivity index (χ0n) is 12.7. The van der Waals surface area contributed by atoms with Crippen LogP contribution in [0.25, 0.3) is 11.1 Å². The summed E-state index contributed by atoms with van der Waals surface area (Å²) < 4.78 is 0. The van der Waals surface area contributed by atoms with Crippen molar-refractivity contribution in [2.24, 2.45) is 0 Å². The number of hydrogen-bond donors (Lipinski definition) is 1. The van der Waals surface area contributed by atoms with E-state index in [1.165, 1.54) is 5.69 Å². The quantitative estimate of drug-likeness (QED) is 0.790. The maximum absolute atomic E-state index is 4.27. The summed E-state index contributed by atoms with van der Waals surface area (Å²) in [6, 6.07) is 16.7. The van der Waals surface area contributed by atoms with Gasteiger partial charge in [-0.3, -0.25) is 4.98 Å². The highest BCUT2D eigenvalue weighted by Crippen LogP contribution is 2.31. The largest absolute Gasteiger partial charge is 0.378 e. The third kappa shape index (κ3) is 3.06. The van der Waals surface area contributed by atoms with Gasteiger partial charge in [-0.1, -0.05) is 30.3 Å². The van der Waals surface area contributed by atoms with E-state index < -0.39 is 0 Å². The van der Waals surface area contributed by atoms with Crippen LogP contribution in [0.3, 0.4) is 0 Å². The molecule has 22 heavy (non-hydrogen) atoms. The van der Waals surface area contributed by atoms with Crippen molar-refractivity contribution in [3.05, 3.63) is 67.1 Å². The molecule has 0 fully saturated rings. The van der Waals surface area contributed by atoms with Gasteiger partial charge in [-0.05, 0) is 23.8 Å². The summed E-state index contributed by atoms with van der Waals surface area (Å²) in [6.45, 7) is 0. The molecule has 0 aliphatic heterocycles. The van der Waals surface area contributed by atoms with Gasteiger partial charge in [-0.25, -0.2) is 4.98 Å². The molecular weight excluding hydrogens is 272 g/mol. The molecule has 110 valence electrons. The van der Waals surface area contributed by atoms with Gasteiger partial charge in [0.25, 0.3) is 0 Å². The highest BCUT2D eigenvalue weighted by Gasteiger charge is 2.07. The highest BCUT2D eigenvalue weighted by molar-refractivity contribution is 5.81. The Balaban J connectivity index is 1.99. The Morgan fingerprint density at radius 1 is 0.955 bits per heavy atom. The van der Waals surface area contributed by atoms with Gasteiger partial charge in [-0.2, -0.15) is 0 Å². The van der Waals surface area contributed by atoms with E-state index in [2.05, 4.69) is 50.5 Å². The van der Waals surface area contributed by atoms with Crippen molar-refractivity contribution in [3.63, 3.8) is 0 Å². The summed E-state index contributed by atoms with van der Waals surface area (Å²) >= 11 is 0. The molecule has 0 atom stereocenters. The van der Waals surface area contributed by atoms with Crippen LogP contribution in [0.4, 0.5) is 17.2 Å². The minimum atomic E-state index is 0.735. The lowest BCUT2D eigenvalue weighted by atomic mass is 10.0. The Morgan fingerprint density at radius 2 is 1.82 bits per heavy atom. The van der Waals surface area contributed by atoms with Gasteiger partial charge in [0.2, 0.25) is 0 Å². The first-order chi connectivity index (χ1) is 10.7. The predicted octanol–water partition coefficient (Wildman–Crippen LogP) is 3.95. The molecule has 0 spiro atoms. The second-order valence-electron chi connectivity index (χ2n) is 5.21. The van der Waals surface area contributed by atoms with Crippen molar-refractivity contribution in [1.29, 1.82) is 0 Å². The molecule has 0 aliphatic carbocycles. The SMILES string of the molecule is CN(C)c1cccc(-c2ccccc2Nc2cnccn2)c1. The zero-order chi connectivity index (χ0) is 15.4. The van der Waals surface area contributed by atoms with Crippen molar-refractivity contribution in [1.82, 2.24) is 9.97 Å². The first-order valence-electron chi connectivity index (χ1n) is 7.14. The molecule has 0 saturated heterocycles. The normalized spacial score (nSPS) is 10.3. The van der Waals surface area contributed by atoms with Crippen LogP contribution < -0.4 is 10.2 Å². The monoisotopic (exact) mass is 290 g/mol. The fraction of sp³-hybridized carbons (Fsp3) is 0.111. The molecule has 1 heterocycles. The molecule has 0 radical (unpaired) electrons. The molecule has 3 aromatic rings. The van der Waals surface area contributed by atoms with Crippen molar-refractivity contribution < 1.29 is 0 Å². The minimum absolute atomic E-state index is 0.735. The van der Waals surface area contributed by atoms with Crippen LogP contribution in [0.5, 0.6) is 0 Å². The van der Waals surface area contributed by atoms with Crippen molar-refractivity contribution in [2.75, 3.05) is 24.3 Å². The minimum Gasteiger partial charge on any atom is -0.378 e. The Morgan fingerprint density at radius 3 is 2.59 bits per heavy atom. The Hall–Kier alpha value is -2.88. The molecule has 4 heteroatoms. The molecule has 0 bridgehead atoms. The number of rotatable bonds is 4. The van der Waals surface area contributed by atoms with Crippen molar-refractivity contribution >= 4 is 17.2 Å². The van der Waals surface area contributed by atoms with E-state index in [-0.39, 0.29) is 0 Å². The molecule has 4 nitrogen and oxygen atoms in total. The Kier molecular flexibility index (Phi) is 4.01. The number of benzene rings is 2. The Labute approximate surface area is 130 Å². The average molecular weight is 290 g/mol. The van der Waals surface area contributed by atoms with E-state index in [9.17, 15) is 0 Å². The number of aromatic nitrogens is 2. The number of para-hydroxylation sites is 1. The van der Waals surface area contributed by atoms with Crippen LogP contribution in [-0.2, 0) is 0 Å². The molecule has 0 unspecified atom stereocenters. The molecular formula is C18H18N4. The average Bonchev–Trinajstić information content (AvgIpc) is 2.56. The van der Waals surface area contributed by atoms with Crippen LogP contribution in [0.1, 0.15) is 0 Å². The second-order valence-corrected chi connectivity index (χ2v) is 5.21. The number of hydrogen-bond acceptors (Lipinski definition) is 4. The lowest BCUT2D eigenvalue weighted by molar-refractivity contribution is 1.13. The topological polar surface area (TPSA) is 41.0 Å². The number of nitrogens with zero attached hydrogens (tertiary/aromatic N) is 3. The van der Waals surface area contributed by atoms with Gasteiger partial charge in [0.05, 0.1) is 6.20 Å². The van der Waals surface area contributed by atoms with E-state index in [1.807, 2.05) is 32.3 Å². The predicted molar refractivity (Wildman–Crippen MR) is 91.5 cm³/mol. The van der Waals surface area contributed by atoms with Crippen molar-refractivity contribution in [3.8, 4) is 11.1 Å². The second kappa shape index (κ2) is 6.26. The van der Waals surface area contributed by atoms with Crippen LogP contribution in [0.2, 0.25) is 0 Å². The van der Waals surface area contributed by atoms with Gasteiger partial charge in [-0.15, -0.1) is 0 Å². The summed E-state index contributed by atoms with van der Waals surface area (Å²) in [7, 11) is 4.09. The lowest BCUT2D eigenvalue weighted by Crippen LogP contribution is -2.08. The zero-order valence-corrected chi connectivity index (χ0v) is 12.7. The third-order valence-electron chi connectivity index (χ3n) is 3.43. The summed E-state index contributed by atoms with van der Waals surface area (Å²) in [5.74, 6) is 0.735. The molecule has 2 aromatic carbocycles. The van der Waals surface area contributed by atoms with Crippen LogP contribution in [-0.4, -0.2) is 24.1 Å². The smallest absolute Gasteiger partial charge is 0.148 e. The first kappa shape index (κ1) is 14.1. The van der Waals surface area contributed by atoms with Gasteiger partial charge in [0.1, 0.15) is 5.82 Å². The van der Waals surface area contributed by atoms with E-state index in [0.29, 0.717) is 0 Å². The van der Waals surface area contributed by atoms with Crippen LogP contribution >= 0.6 is 0 Å². The molecule has 0 aliphatic rings. The number of anilines is 3. The molecule has 0 amide bonds. The lowest BCUT2D eigenvalue weighted by Gasteiger charge is -2.15. The molecule has 1 N–H and O–H groups in total. The van der Waals surface area contributed by atoms with Gasteiger partial charge in [0.15, 0.2) is 0 Å². The van der Waals surface area contributed by atoms with Crippen LogP contribution in [0.15, 0.2) is 67.1 Å². The fourth-order valence-electron chi connectivity index (χ4n) is 2.30. The molecule has 3 rings (SSSR count). The van der Waals surface area contributed by atoms with E-state index >= 15 is 0 Å². The number of nitrogens with one attached hydrogen (secondary N) is 1. The van der Waals surface area contributed by atoms with Crippen LogP contribution in [0, 0.1) is 0 Å². The summed E-state index contributed by atoms with van der Waals surface area (Å²) in [4.78, 5) is 10.5. The maximum atomic E-state index is 4.27. The maximum Gasteiger partial charge on any atom is 0.148 e. The summed E-state index contributed by atoms with van der Waals surface area (Å²) in [5.41, 5.74) is 4.49. The van der Waals surface area contributed by atoms with Gasteiger partial charge in [0, 0.05) is 43.4 Å². The van der Waals surface area contributed by atoms with E-state index in [4.69, 9.17) is 0 Å². The van der Waals surface area contributed by atoms with E-state index in [1.54, 1.807) is 18.6 Å². The van der Waals surface area contributed by atoms with E-state index in [0.717, 1.165) is 22.6 Å². The summed E-state index contributed by atoms with van der Waals surface area (Å²) in [5, 5.41) is 3.33. The molecule has 0 saturated carbocycles. The van der Waals surface area contributed by atoms with Gasteiger partial charge < -0.3 is 10.2 Å². The Bertz CT molecular complexity index is 754.